The van der Waals surface area contributed by atoms with E-state index in [-0.39, 0.29) is 6.10 Å². The van der Waals surface area contributed by atoms with Crippen LogP contribution in [-0.2, 0) is 4.74 Å². The molecule has 1 aliphatic rings. The van der Waals surface area contributed by atoms with Crippen LogP contribution in [0.3, 0.4) is 0 Å². The molecule has 0 spiro atoms. The van der Waals surface area contributed by atoms with Gasteiger partial charge in [0.2, 0.25) is 0 Å². The maximum Gasteiger partial charge on any atom is 0.159 e. The number of hydrogen-bond acceptors (Lipinski definition) is 3. The zero-order chi connectivity index (χ0) is 13.8. The molecule has 3 atom stereocenters. The Balaban J connectivity index is 1.80. The van der Waals surface area contributed by atoms with Crippen molar-refractivity contribution in [3.63, 3.8) is 0 Å². The van der Waals surface area contributed by atoms with E-state index in [4.69, 9.17) is 4.74 Å². The van der Waals surface area contributed by atoms with Gasteiger partial charge in [-0.1, -0.05) is 6.07 Å². The summed E-state index contributed by atoms with van der Waals surface area (Å²) >= 11 is 0. The number of halogens is 2. The molecule has 1 aromatic carbocycles. The second-order valence-corrected chi connectivity index (χ2v) is 4.97. The highest BCUT2D eigenvalue weighted by molar-refractivity contribution is 5.20. The molecule has 0 radical (unpaired) electrons. The summed E-state index contributed by atoms with van der Waals surface area (Å²) in [5.74, 6) is -1.40. The first-order valence-electron chi connectivity index (χ1n) is 6.53. The zero-order valence-electron chi connectivity index (χ0n) is 10.9. The third kappa shape index (κ3) is 3.72. The Morgan fingerprint density at radius 2 is 2.21 bits per heavy atom. The van der Waals surface area contributed by atoms with E-state index in [2.05, 4.69) is 5.32 Å². The normalized spacial score (nSPS) is 24.6. The Labute approximate surface area is 111 Å². The Bertz CT molecular complexity index is 428. The minimum absolute atomic E-state index is 0.230. The fourth-order valence-electron chi connectivity index (χ4n) is 2.29. The summed E-state index contributed by atoms with van der Waals surface area (Å²) < 4.78 is 31.3. The van der Waals surface area contributed by atoms with Gasteiger partial charge in [0.1, 0.15) is 0 Å². The van der Waals surface area contributed by atoms with Gasteiger partial charge < -0.3 is 15.2 Å². The molecule has 2 rings (SSSR count). The molecule has 1 fully saturated rings. The van der Waals surface area contributed by atoms with Crippen LogP contribution in [0.1, 0.15) is 25.0 Å². The van der Waals surface area contributed by atoms with Crippen LogP contribution in [0.25, 0.3) is 0 Å². The summed E-state index contributed by atoms with van der Waals surface area (Å²) in [4.78, 5) is 0. The smallest absolute Gasteiger partial charge is 0.159 e. The Kier molecular flexibility index (Phi) is 4.85. The van der Waals surface area contributed by atoms with E-state index in [0.29, 0.717) is 18.0 Å². The van der Waals surface area contributed by atoms with Crippen LogP contribution in [0.2, 0.25) is 0 Å². The molecule has 1 aromatic rings. The molecule has 0 aromatic heterocycles. The number of benzene rings is 1. The van der Waals surface area contributed by atoms with Gasteiger partial charge in [0.05, 0.1) is 12.2 Å². The molecule has 5 heteroatoms. The molecule has 0 amide bonds. The van der Waals surface area contributed by atoms with Gasteiger partial charge >= 0.3 is 0 Å². The second-order valence-electron chi connectivity index (χ2n) is 4.97. The average Bonchev–Trinajstić information content (AvgIpc) is 2.78. The van der Waals surface area contributed by atoms with E-state index in [1.807, 2.05) is 6.92 Å². The largest absolute Gasteiger partial charge is 0.387 e. The lowest BCUT2D eigenvalue weighted by Gasteiger charge is -2.17. The van der Waals surface area contributed by atoms with E-state index in [1.165, 1.54) is 6.07 Å². The van der Waals surface area contributed by atoms with Gasteiger partial charge in [0, 0.05) is 19.7 Å². The molecule has 0 bridgehead atoms. The van der Waals surface area contributed by atoms with Gasteiger partial charge in [-0.05, 0) is 37.0 Å². The van der Waals surface area contributed by atoms with E-state index in [9.17, 15) is 13.9 Å². The van der Waals surface area contributed by atoms with Crippen molar-refractivity contribution in [3.8, 4) is 0 Å². The molecule has 1 aliphatic heterocycles. The van der Waals surface area contributed by atoms with Crippen molar-refractivity contribution in [2.45, 2.75) is 25.6 Å². The number of hydrogen-bond donors (Lipinski definition) is 2. The summed E-state index contributed by atoms with van der Waals surface area (Å²) in [5, 5.41) is 13.0. The molecular formula is C14H19F2NO2. The first kappa shape index (κ1) is 14.4. The van der Waals surface area contributed by atoms with Crippen molar-refractivity contribution in [1.82, 2.24) is 5.32 Å². The first-order valence-corrected chi connectivity index (χ1v) is 6.53. The predicted molar refractivity (Wildman–Crippen MR) is 67.7 cm³/mol. The molecule has 1 heterocycles. The Morgan fingerprint density at radius 3 is 2.84 bits per heavy atom. The monoisotopic (exact) mass is 271 g/mol. The molecular weight excluding hydrogens is 252 g/mol. The van der Waals surface area contributed by atoms with Gasteiger partial charge in [-0.2, -0.15) is 0 Å². The van der Waals surface area contributed by atoms with Crippen molar-refractivity contribution in [3.05, 3.63) is 35.4 Å². The predicted octanol–water partition coefficient (Wildman–Crippen LogP) is 2.01. The summed E-state index contributed by atoms with van der Waals surface area (Å²) in [6, 6.07) is 3.45. The van der Waals surface area contributed by atoms with Crippen LogP contribution in [-0.4, -0.2) is 30.9 Å². The molecule has 3 unspecified atom stereocenters. The van der Waals surface area contributed by atoms with Gasteiger partial charge in [-0.3, -0.25) is 0 Å². The fourth-order valence-corrected chi connectivity index (χ4v) is 2.29. The molecule has 3 nitrogen and oxygen atoms in total. The maximum atomic E-state index is 13.0. The lowest BCUT2D eigenvalue weighted by Crippen LogP contribution is -2.30. The summed E-state index contributed by atoms with van der Waals surface area (Å²) in [7, 11) is 0. The highest BCUT2D eigenvalue weighted by Gasteiger charge is 2.23. The number of aliphatic hydroxyl groups is 1. The van der Waals surface area contributed by atoms with Crippen molar-refractivity contribution < 1.29 is 18.6 Å². The lowest BCUT2D eigenvalue weighted by molar-refractivity contribution is 0.103. The van der Waals surface area contributed by atoms with Crippen molar-refractivity contribution in [1.29, 1.82) is 0 Å². The molecule has 0 saturated carbocycles. The molecule has 106 valence electrons. The Morgan fingerprint density at radius 1 is 1.42 bits per heavy atom. The quantitative estimate of drug-likeness (QED) is 0.861. The standard InChI is InChI=1S/C14H19F2NO2/c1-9-11(4-5-19-9)7-17-8-14(18)10-2-3-12(15)13(16)6-10/h2-3,6,9,11,14,17-18H,4-5,7-8H2,1H3. The second kappa shape index (κ2) is 6.41. The minimum atomic E-state index is -0.936. The highest BCUT2D eigenvalue weighted by atomic mass is 19.2. The van der Waals surface area contributed by atoms with Gasteiger partial charge in [-0.15, -0.1) is 0 Å². The number of ether oxygens (including phenoxy) is 1. The summed E-state index contributed by atoms with van der Waals surface area (Å²) in [6.45, 7) is 3.88. The number of nitrogens with one attached hydrogen (secondary N) is 1. The molecule has 1 saturated heterocycles. The SMILES string of the molecule is CC1OCCC1CNCC(O)c1ccc(F)c(F)c1. The van der Waals surface area contributed by atoms with Crippen molar-refractivity contribution in [2.75, 3.05) is 19.7 Å². The third-order valence-corrected chi connectivity index (χ3v) is 3.61. The third-order valence-electron chi connectivity index (χ3n) is 3.61. The maximum absolute atomic E-state index is 13.0. The molecule has 0 aliphatic carbocycles. The van der Waals surface area contributed by atoms with Crippen molar-refractivity contribution >= 4 is 0 Å². The van der Waals surface area contributed by atoms with Gasteiger partial charge in [0.15, 0.2) is 11.6 Å². The van der Waals surface area contributed by atoms with E-state index in [1.54, 1.807) is 0 Å². The van der Waals surface area contributed by atoms with Crippen molar-refractivity contribution in [2.24, 2.45) is 5.92 Å². The summed E-state index contributed by atoms with van der Waals surface area (Å²) in [6.07, 6.45) is 0.399. The zero-order valence-corrected chi connectivity index (χ0v) is 10.9. The van der Waals surface area contributed by atoms with Crippen LogP contribution in [0, 0.1) is 17.6 Å². The average molecular weight is 271 g/mol. The van der Waals surface area contributed by atoms with Gasteiger partial charge in [-0.25, -0.2) is 8.78 Å². The van der Waals surface area contributed by atoms with E-state index < -0.39 is 17.7 Å². The fraction of sp³-hybridized carbons (Fsp3) is 0.571. The van der Waals surface area contributed by atoms with Crippen LogP contribution in [0.5, 0.6) is 0 Å². The molecule has 19 heavy (non-hydrogen) atoms. The van der Waals surface area contributed by atoms with Crippen LogP contribution in [0.4, 0.5) is 8.78 Å². The number of aliphatic hydroxyl groups excluding tert-OH is 1. The van der Waals surface area contributed by atoms with Crippen LogP contribution in [0.15, 0.2) is 18.2 Å². The van der Waals surface area contributed by atoms with E-state index >= 15 is 0 Å². The summed E-state index contributed by atoms with van der Waals surface area (Å²) in [5.41, 5.74) is 0.377. The van der Waals surface area contributed by atoms with Crippen LogP contribution >= 0.6 is 0 Å². The minimum Gasteiger partial charge on any atom is -0.387 e. The first-order chi connectivity index (χ1) is 9.08. The van der Waals surface area contributed by atoms with E-state index in [0.717, 1.165) is 31.7 Å². The highest BCUT2D eigenvalue weighted by Crippen LogP contribution is 2.20. The molecule has 2 N–H and O–H groups in total. The number of rotatable bonds is 5. The topological polar surface area (TPSA) is 41.5 Å². The lowest BCUT2D eigenvalue weighted by atomic mass is 10.0. The Hall–Kier alpha value is -1.04. The van der Waals surface area contributed by atoms with Crippen LogP contribution < -0.4 is 5.32 Å². The van der Waals surface area contributed by atoms with Gasteiger partial charge in [0.25, 0.3) is 0 Å².